The molecule has 2 nitrogen and oxygen atoms in total. The average Bonchev–Trinajstić information content (AvgIpc) is 2.47. The van der Waals surface area contributed by atoms with Gasteiger partial charge in [0, 0.05) is 5.69 Å². The number of anilines is 1. The Balaban J connectivity index is 2.20. The molecule has 0 aliphatic carbocycles. The zero-order valence-corrected chi connectivity index (χ0v) is 12.2. The first-order valence-corrected chi connectivity index (χ1v) is 6.75. The fourth-order valence-corrected chi connectivity index (χ4v) is 2.02. The van der Waals surface area contributed by atoms with Gasteiger partial charge in [-0.25, -0.2) is 0 Å². The topological polar surface area (TPSA) is 29.1 Å². The smallest absolute Gasteiger partial charge is 0.325 e. The Morgan fingerprint density at radius 3 is 1.86 bits per heavy atom. The number of nitrogens with one attached hydrogen (secondary N) is 1. The van der Waals surface area contributed by atoms with Crippen molar-refractivity contribution in [2.45, 2.75) is 25.4 Å². The molecular formula is C17H16F3NO. The van der Waals surface area contributed by atoms with E-state index in [0.717, 1.165) is 12.1 Å². The van der Waals surface area contributed by atoms with Crippen LogP contribution in [0.25, 0.3) is 0 Å². The Labute approximate surface area is 127 Å². The summed E-state index contributed by atoms with van der Waals surface area (Å²) in [6.07, 6.45) is -4.38. The lowest BCUT2D eigenvalue weighted by atomic mass is 9.83. The fraction of sp³-hybridized carbons (Fsp3) is 0.235. The van der Waals surface area contributed by atoms with Crippen LogP contribution in [0.4, 0.5) is 18.9 Å². The molecular weight excluding hydrogens is 291 g/mol. The summed E-state index contributed by atoms with van der Waals surface area (Å²) in [6.45, 7) is 3.35. The summed E-state index contributed by atoms with van der Waals surface area (Å²) in [6, 6.07) is 13.6. The highest BCUT2D eigenvalue weighted by molar-refractivity contribution is 5.98. The van der Waals surface area contributed by atoms with Crippen molar-refractivity contribution < 1.29 is 18.0 Å². The normalized spacial score (nSPS) is 12.0. The zero-order chi connectivity index (χ0) is 16.4. The Kier molecular flexibility index (Phi) is 4.26. The summed E-state index contributed by atoms with van der Waals surface area (Å²) in [7, 11) is 0. The second-order valence-electron chi connectivity index (χ2n) is 5.52. The predicted molar refractivity (Wildman–Crippen MR) is 79.5 cm³/mol. The number of hydrogen-bond donors (Lipinski definition) is 1. The number of hydrogen-bond acceptors (Lipinski definition) is 1. The molecule has 0 radical (unpaired) electrons. The maximum absolute atomic E-state index is 12.6. The predicted octanol–water partition coefficient (Wildman–Crippen LogP) is 4.62. The van der Waals surface area contributed by atoms with E-state index in [2.05, 4.69) is 5.32 Å². The Morgan fingerprint density at radius 2 is 1.36 bits per heavy atom. The van der Waals surface area contributed by atoms with E-state index in [4.69, 9.17) is 0 Å². The molecule has 0 bridgehead atoms. The van der Waals surface area contributed by atoms with Crippen LogP contribution < -0.4 is 5.32 Å². The third kappa shape index (κ3) is 3.47. The van der Waals surface area contributed by atoms with Crippen LogP contribution in [0.1, 0.15) is 25.0 Å². The molecule has 0 saturated carbocycles. The molecule has 0 spiro atoms. The van der Waals surface area contributed by atoms with Crippen LogP contribution in [0, 0.1) is 0 Å². The lowest BCUT2D eigenvalue weighted by molar-refractivity contribution is -0.137. The highest BCUT2D eigenvalue weighted by atomic mass is 19.4. The van der Waals surface area contributed by atoms with Gasteiger partial charge in [-0.1, -0.05) is 30.3 Å². The van der Waals surface area contributed by atoms with Gasteiger partial charge in [-0.3, -0.25) is 4.79 Å². The van der Waals surface area contributed by atoms with E-state index >= 15 is 0 Å². The summed E-state index contributed by atoms with van der Waals surface area (Å²) >= 11 is 0. The number of para-hydroxylation sites is 1. The number of rotatable bonds is 3. The summed E-state index contributed by atoms with van der Waals surface area (Å²) in [5, 5.41) is 2.76. The van der Waals surface area contributed by atoms with Gasteiger partial charge in [0.15, 0.2) is 0 Å². The zero-order valence-electron chi connectivity index (χ0n) is 12.2. The molecule has 0 fully saturated rings. The summed E-state index contributed by atoms with van der Waals surface area (Å²) in [5.41, 5.74) is -0.503. The van der Waals surface area contributed by atoms with E-state index in [-0.39, 0.29) is 5.91 Å². The van der Waals surface area contributed by atoms with Gasteiger partial charge in [0.25, 0.3) is 0 Å². The van der Waals surface area contributed by atoms with Crippen molar-refractivity contribution in [2.75, 3.05) is 5.32 Å². The molecule has 0 heterocycles. The van der Waals surface area contributed by atoms with E-state index < -0.39 is 17.2 Å². The number of amides is 1. The van der Waals surface area contributed by atoms with Crippen molar-refractivity contribution in [3.05, 3.63) is 65.7 Å². The van der Waals surface area contributed by atoms with Gasteiger partial charge in [0.2, 0.25) is 5.91 Å². The fourth-order valence-electron chi connectivity index (χ4n) is 2.02. The lowest BCUT2D eigenvalue weighted by Gasteiger charge is -2.24. The van der Waals surface area contributed by atoms with Crippen molar-refractivity contribution in [3.63, 3.8) is 0 Å². The maximum atomic E-state index is 12.6. The van der Waals surface area contributed by atoms with Gasteiger partial charge in [0.1, 0.15) is 0 Å². The first-order valence-electron chi connectivity index (χ1n) is 6.75. The SMILES string of the molecule is CC(C)(C(=O)Nc1ccccc1)c1ccc(C(F)(F)F)cc1. The number of alkyl halides is 3. The minimum atomic E-state index is -4.38. The maximum Gasteiger partial charge on any atom is 0.416 e. The minimum absolute atomic E-state index is 0.279. The number of halogens is 3. The average molecular weight is 307 g/mol. The molecule has 2 rings (SSSR count). The Hall–Kier alpha value is -2.30. The monoisotopic (exact) mass is 307 g/mol. The van der Waals surface area contributed by atoms with Gasteiger partial charge < -0.3 is 5.32 Å². The standard InChI is InChI=1S/C17H16F3NO/c1-16(2,15(22)21-14-6-4-3-5-7-14)12-8-10-13(11-9-12)17(18,19)20/h3-11H,1-2H3,(H,21,22). The third-order valence-corrected chi connectivity index (χ3v) is 3.53. The van der Waals surface area contributed by atoms with Gasteiger partial charge in [-0.15, -0.1) is 0 Å². The van der Waals surface area contributed by atoms with Crippen LogP contribution in [0.15, 0.2) is 54.6 Å². The summed E-state index contributed by atoms with van der Waals surface area (Å²) in [5.74, 6) is -0.279. The number of carbonyl (C=O) groups excluding carboxylic acids is 1. The molecule has 0 aliphatic heterocycles. The van der Waals surface area contributed by atoms with Crippen LogP contribution in [-0.4, -0.2) is 5.91 Å². The number of benzene rings is 2. The Morgan fingerprint density at radius 1 is 0.864 bits per heavy atom. The quantitative estimate of drug-likeness (QED) is 0.880. The van der Waals surface area contributed by atoms with Crippen LogP contribution in [0.3, 0.4) is 0 Å². The molecule has 2 aromatic carbocycles. The van der Waals surface area contributed by atoms with E-state index in [9.17, 15) is 18.0 Å². The van der Waals surface area contributed by atoms with Crippen LogP contribution in [0.5, 0.6) is 0 Å². The number of carbonyl (C=O) groups is 1. The van der Waals surface area contributed by atoms with Gasteiger partial charge in [-0.05, 0) is 43.7 Å². The molecule has 0 aromatic heterocycles. The van der Waals surface area contributed by atoms with Crippen molar-refractivity contribution in [1.29, 1.82) is 0 Å². The molecule has 5 heteroatoms. The summed E-state index contributed by atoms with van der Waals surface area (Å²) < 4.78 is 37.7. The van der Waals surface area contributed by atoms with Gasteiger partial charge in [-0.2, -0.15) is 13.2 Å². The molecule has 2 aromatic rings. The second kappa shape index (κ2) is 5.83. The van der Waals surface area contributed by atoms with E-state index in [1.54, 1.807) is 38.1 Å². The first-order chi connectivity index (χ1) is 10.2. The van der Waals surface area contributed by atoms with E-state index in [0.29, 0.717) is 11.3 Å². The molecule has 0 saturated heterocycles. The molecule has 0 atom stereocenters. The van der Waals surface area contributed by atoms with Crippen molar-refractivity contribution in [3.8, 4) is 0 Å². The molecule has 1 N–H and O–H groups in total. The molecule has 22 heavy (non-hydrogen) atoms. The van der Waals surface area contributed by atoms with Crippen LogP contribution >= 0.6 is 0 Å². The molecule has 0 aliphatic rings. The third-order valence-electron chi connectivity index (χ3n) is 3.53. The minimum Gasteiger partial charge on any atom is -0.325 e. The van der Waals surface area contributed by atoms with Crippen molar-refractivity contribution in [2.24, 2.45) is 0 Å². The van der Waals surface area contributed by atoms with Crippen LogP contribution in [-0.2, 0) is 16.4 Å². The first kappa shape index (κ1) is 16.1. The van der Waals surface area contributed by atoms with Crippen molar-refractivity contribution in [1.82, 2.24) is 0 Å². The molecule has 0 unspecified atom stereocenters. The highest BCUT2D eigenvalue weighted by Gasteiger charge is 2.33. The van der Waals surface area contributed by atoms with Gasteiger partial charge in [0.05, 0.1) is 11.0 Å². The van der Waals surface area contributed by atoms with E-state index in [1.165, 1.54) is 12.1 Å². The van der Waals surface area contributed by atoms with Crippen LogP contribution in [0.2, 0.25) is 0 Å². The lowest BCUT2D eigenvalue weighted by Crippen LogP contribution is -2.34. The second-order valence-corrected chi connectivity index (χ2v) is 5.52. The highest BCUT2D eigenvalue weighted by Crippen LogP contribution is 2.32. The largest absolute Gasteiger partial charge is 0.416 e. The van der Waals surface area contributed by atoms with Crippen molar-refractivity contribution >= 4 is 11.6 Å². The Bertz CT molecular complexity index is 646. The molecule has 1 amide bonds. The van der Waals surface area contributed by atoms with Gasteiger partial charge >= 0.3 is 6.18 Å². The molecule has 116 valence electrons. The van der Waals surface area contributed by atoms with E-state index in [1.807, 2.05) is 6.07 Å². The summed E-state index contributed by atoms with van der Waals surface area (Å²) in [4.78, 5) is 12.4.